The van der Waals surface area contributed by atoms with Crippen LogP contribution in [0.15, 0.2) is 24.3 Å². The lowest BCUT2D eigenvalue weighted by Crippen LogP contribution is -2.43. The molecule has 6 nitrogen and oxygen atoms in total. The number of hydrogen-bond acceptors (Lipinski definition) is 4. The van der Waals surface area contributed by atoms with Crippen LogP contribution >= 0.6 is 0 Å². The zero-order valence-corrected chi connectivity index (χ0v) is 13.8. The van der Waals surface area contributed by atoms with E-state index >= 15 is 0 Å². The van der Waals surface area contributed by atoms with Crippen LogP contribution < -0.4 is 10.6 Å². The Kier molecular flexibility index (Phi) is 6.55. The van der Waals surface area contributed by atoms with E-state index in [0.29, 0.717) is 6.54 Å². The van der Waals surface area contributed by atoms with Crippen LogP contribution in [0, 0.1) is 0 Å². The van der Waals surface area contributed by atoms with Gasteiger partial charge in [-0.2, -0.15) is 0 Å². The molecule has 1 saturated heterocycles. The van der Waals surface area contributed by atoms with E-state index in [9.17, 15) is 9.59 Å². The summed E-state index contributed by atoms with van der Waals surface area (Å²) in [5.41, 5.74) is 2.31. The molecule has 0 saturated carbocycles. The van der Waals surface area contributed by atoms with Crippen molar-refractivity contribution in [1.29, 1.82) is 0 Å². The lowest BCUT2D eigenvalue weighted by molar-refractivity contribution is -0.127. The van der Waals surface area contributed by atoms with Crippen LogP contribution in [-0.2, 0) is 27.4 Å². The van der Waals surface area contributed by atoms with Gasteiger partial charge in [0.15, 0.2) is 0 Å². The molecule has 0 spiro atoms. The molecule has 1 atom stereocenters. The SMILES string of the molecule is CC(=O)N[C@@H](C)C(=O)NCc1ccccc1CN1CCOCC1. The summed E-state index contributed by atoms with van der Waals surface area (Å²) in [6.45, 7) is 7.80. The zero-order chi connectivity index (χ0) is 16.7. The van der Waals surface area contributed by atoms with Crippen LogP contribution in [0.25, 0.3) is 0 Å². The first-order valence-electron chi connectivity index (χ1n) is 7.98. The van der Waals surface area contributed by atoms with Crippen LogP contribution in [0.3, 0.4) is 0 Å². The van der Waals surface area contributed by atoms with Crippen LogP contribution in [0.4, 0.5) is 0 Å². The van der Waals surface area contributed by atoms with E-state index in [0.717, 1.165) is 38.4 Å². The number of benzene rings is 1. The molecule has 126 valence electrons. The molecule has 1 fully saturated rings. The smallest absolute Gasteiger partial charge is 0.242 e. The highest BCUT2D eigenvalue weighted by Gasteiger charge is 2.15. The average Bonchev–Trinajstić information content (AvgIpc) is 2.54. The Morgan fingerprint density at radius 3 is 2.52 bits per heavy atom. The molecule has 2 rings (SSSR count). The van der Waals surface area contributed by atoms with Gasteiger partial charge < -0.3 is 15.4 Å². The number of ether oxygens (including phenoxy) is 1. The molecule has 1 aromatic rings. The van der Waals surface area contributed by atoms with E-state index in [1.54, 1.807) is 6.92 Å². The van der Waals surface area contributed by atoms with Crippen molar-refractivity contribution in [2.45, 2.75) is 33.0 Å². The van der Waals surface area contributed by atoms with Gasteiger partial charge in [0.05, 0.1) is 13.2 Å². The molecule has 0 aromatic heterocycles. The maximum absolute atomic E-state index is 12.0. The molecule has 2 N–H and O–H groups in total. The first kappa shape index (κ1) is 17.4. The predicted octanol–water partition coefficient (Wildman–Crippen LogP) is 0.660. The van der Waals surface area contributed by atoms with E-state index in [4.69, 9.17) is 4.74 Å². The predicted molar refractivity (Wildman–Crippen MR) is 87.7 cm³/mol. The van der Waals surface area contributed by atoms with Gasteiger partial charge in [-0.25, -0.2) is 0 Å². The van der Waals surface area contributed by atoms with E-state index in [2.05, 4.69) is 21.6 Å². The van der Waals surface area contributed by atoms with Crippen molar-refractivity contribution in [3.05, 3.63) is 35.4 Å². The number of rotatable bonds is 6. The van der Waals surface area contributed by atoms with Crippen molar-refractivity contribution >= 4 is 11.8 Å². The highest BCUT2D eigenvalue weighted by Crippen LogP contribution is 2.13. The van der Waals surface area contributed by atoms with E-state index in [-0.39, 0.29) is 11.8 Å². The summed E-state index contributed by atoms with van der Waals surface area (Å²) in [6, 6.07) is 7.58. The highest BCUT2D eigenvalue weighted by atomic mass is 16.5. The maximum Gasteiger partial charge on any atom is 0.242 e. The third-order valence-electron chi connectivity index (χ3n) is 3.88. The number of amides is 2. The van der Waals surface area contributed by atoms with Crippen LogP contribution in [0.2, 0.25) is 0 Å². The minimum Gasteiger partial charge on any atom is -0.379 e. The normalized spacial score (nSPS) is 16.6. The summed E-state index contributed by atoms with van der Waals surface area (Å²) in [7, 11) is 0. The topological polar surface area (TPSA) is 70.7 Å². The summed E-state index contributed by atoms with van der Waals surface area (Å²) in [6.07, 6.45) is 0. The molecular formula is C17H25N3O3. The number of carbonyl (C=O) groups excluding carboxylic acids is 2. The Balaban J connectivity index is 1.91. The van der Waals surface area contributed by atoms with E-state index < -0.39 is 6.04 Å². The monoisotopic (exact) mass is 319 g/mol. The van der Waals surface area contributed by atoms with Gasteiger partial charge in [-0.3, -0.25) is 14.5 Å². The second-order valence-electron chi connectivity index (χ2n) is 5.80. The number of hydrogen-bond donors (Lipinski definition) is 2. The fourth-order valence-corrected chi connectivity index (χ4v) is 2.59. The van der Waals surface area contributed by atoms with Crippen molar-refractivity contribution < 1.29 is 14.3 Å². The Labute approximate surface area is 137 Å². The molecule has 0 aliphatic carbocycles. The second kappa shape index (κ2) is 8.64. The van der Waals surface area contributed by atoms with Gasteiger partial charge in [0.25, 0.3) is 0 Å². The number of nitrogens with one attached hydrogen (secondary N) is 2. The summed E-state index contributed by atoms with van der Waals surface area (Å²) in [4.78, 5) is 25.4. The van der Waals surface area contributed by atoms with Crippen LogP contribution in [-0.4, -0.2) is 49.1 Å². The van der Waals surface area contributed by atoms with E-state index in [1.807, 2.05) is 18.2 Å². The summed E-state index contributed by atoms with van der Waals surface area (Å²) in [5, 5.41) is 5.47. The van der Waals surface area contributed by atoms with Gasteiger partial charge in [0.2, 0.25) is 11.8 Å². The highest BCUT2D eigenvalue weighted by molar-refractivity contribution is 5.86. The van der Waals surface area contributed by atoms with Crippen molar-refractivity contribution in [3.8, 4) is 0 Å². The van der Waals surface area contributed by atoms with Gasteiger partial charge in [-0.1, -0.05) is 24.3 Å². The molecule has 2 amide bonds. The van der Waals surface area contributed by atoms with Gasteiger partial charge in [-0.05, 0) is 18.1 Å². The van der Waals surface area contributed by atoms with Crippen LogP contribution in [0.1, 0.15) is 25.0 Å². The molecular weight excluding hydrogens is 294 g/mol. The minimum atomic E-state index is -0.529. The molecule has 1 aliphatic rings. The average molecular weight is 319 g/mol. The van der Waals surface area contributed by atoms with E-state index in [1.165, 1.54) is 12.5 Å². The lowest BCUT2D eigenvalue weighted by Gasteiger charge is -2.27. The van der Waals surface area contributed by atoms with Gasteiger partial charge in [0, 0.05) is 33.1 Å². The molecule has 1 aromatic carbocycles. The van der Waals surface area contributed by atoms with Crippen molar-refractivity contribution in [3.63, 3.8) is 0 Å². The first-order chi connectivity index (χ1) is 11.1. The van der Waals surface area contributed by atoms with Gasteiger partial charge >= 0.3 is 0 Å². The summed E-state index contributed by atoms with van der Waals surface area (Å²) < 4.78 is 5.37. The third kappa shape index (κ3) is 5.65. The molecule has 6 heteroatoms. The largest absolute Gasteiger partial charge is 0.379 e. The molecule has 1 aliphatic heterocycles. The standard InChI is InChI=1S/C17H25N3O3/c1-13(19-14(2)21)17(22)18-11-15-5-3-4-6-16(15)12-20-7-9-23-10-8-20/h3-6,13H,7-12H2,1-2H3,(H,18,22)(H,19,21)/t13-/m0/s1. The first-order valence-corrected chi connectivity index (χ1v) is 7.98. The molecule has 23 heavy (non-hydrogen) atoms. The zero-order valence-electron chi connectivity index (χ0n) is 13.8. The van der Waals surface area contributed by atoms with Gasteiger partial charge in [0.1, 0.15) is 6.04 Å². The number of morpholine rings is 1. The Hall–Kier alpha value is -1.92. The van der Waals surface area contributed by atoms with Crippen molar-refractivity contribution in [2.75, 3.05) is 26.3 Å². The Morgan fingerprint density at radius 2 is 1.87 bits per heavy atom. The van der Waals surface area contributed by atoms with Crippen LogP contribution in [0.5, 0.6) is 0 Å². The minimum absolute atomic E-state index is 0.179. The quantitative estimate of drug-likeness (QED) is 0.808. The number of nitrogens with zero attached hydrogens (tertiary/aromatic N) is 1. The maximum atomic E-state index is 12.0. The summed E-state index contributed by atoms with van der Waals surface area (Å²) in [5.74, 6) is -0.387. The number of carbonyl (C=O) groups is 2. The lowest BCUT2D eigenvalue weighted by atomic mass is 10.1. The van der Waals surface area contributed by atoms with Gasteiger partial charge in [-0.15, -0.1) is 0 Å². The Morgan fingerprint density at radius 1 is 1.22 bits per heavy atom. The second-order valence-corrected chi connectivity index (χ2v) is 5.80. The molecule has 0 unspecified atom stereocenters. The molecule has 0 radical (unpaired) electrons. The summed E-state index contributed by atoms with van der Waals surface area (Å²) >= 11 is 0. The third-order valence-corrected chi connectivity index (χ3v) is 3.88. The van der Waals surface area contributed by atoms with Crippen molar-refractivity contribution in [1.82, 2.24) is 15.5 Å². The fraction of sp³-hybridized carbons (Fsp3) is 0.529. The molecule has 0 bridgehead atoms. The molecule has 1 heterocycles. The Bertz CT molecular complexity index is 542. The van der Waals surface area contributed by atoms with Crippen molar-refractivity contribution in [2.24, 2.45) is 0 Å². The fourth-order valence-electron chi connectivity index (χ4n) is 2.59.